The first kappa shape index (κ1) is 15.0. The van der Waals surface area contributed by atoms with Gasteiger partial charge in [-0.25, -0.2) is 0 Å². The second-order valence-corrected chi connectivity index (χ2v) is 6.03. The fraction of sp³-hybridized carbons (Fsp3) is 0.588. The number of carbonyl (C=O) groups excluding carboxylic acids is 1. The summed E-state index contributed by atoms with van der Waals surface area (Å²) in [6.45, 7) is 5.94. The van der Waals surface area contributed by atoms with Crippen LogP contribution in [0.2, 0.25) is 0 Å². The molecule has 2 rings (SSSR count). The second kappa shape index (κ2) is 7.44. The molecule has 1 saturated carbocycles. The van der Waals surface area contributed by atoms with E-state index in [0.29, 0.717) is 0 Å². The van der Waals surface area contributed by atoms with Crippen LogP contribution in [-0.2, 0) is 11.3 Å². The maximum Gasteiger partial charge on any atom is 0.221 e. The van der Waals surface area contributed by atoms with Crippen molar-refractivity contribution in [3.8, 4) is 0 Å². The molecule has 20 heavy (non-hydrogen) atoms. The Kier molecular flexibility index (Phi) is 5.60. The number of benzene rings is 1. The lowest BCUT2D eigenvalue weighted by Gasteiger charge is -2.28. The Labute approximate surface area is 122 Å². The number of hydrogen-bond donors (Lipinski definition) is 2. The van der Waals surface area contributed by atoms with Gasteiger partial charge in [0.05, 0.1) is 0 Å². The van der Waals surface area contributed by atoms with Crippen molar-refractivity contribution in [3.63, 3.8) is 0 Å². The molecule has 110 valence electrons. The first-order valence-electron chi connectivity index (χ1n) is 7.72. The Morgan fingerprint density at radius 3 is 2.55 bits per heavy atom. The number of carbonyl (C=O) groups is 1. The molecule has 2 N–H and O–H groups in total. The third-order valence-electron chi connectivity index (χ3n) is 4.30. The van der Waals surface area contributed by atoms with Crippen molar-refractivity contribution in [3.05, 3.63) is 29.8 Å². The molecule has 3 heteroatoms. The van der Waals surface area contributed by atoms with Crippen molar-refractivity contribution in [1.29, 1.82) is 0 Å². The molecule has 1 aliphatic carbocycles. The minimum atomic E-state index is -0.0258. The van der Waals surface area contributed by atoms with Crippen molar-refractivity contribution in [2.24, 2.45) is 11.8 Å². The van der Waals surface area contributed by atoms with Crippen LogP contribution in [0.25, 0.3) is 0 Å². The van der Waals surface area contributed by atoms with E-state index in [-0.39, 0.29) is 5.91 Å². The number of rotatable bonds is 5. The van der Waals surface area contributed by atoms with Crippen LogP contribution in [0, 0.1) is 11.8 Å². The molecule has 0 bridgehead atoms. The summed E-state index contributed by atoms with van der Waals surface area (Å²) in [5.41, 5.74) is 2.13. The molecular formula is C17H26N2O. The fourth-order valence-electron chi connectivity index (χ4n) is 3.01. The number of hydrogen-bond acceptors (Lipinski definition) is 2. The Morgan fingerprint density at radius 2 is 1.90 bits per heavy atom. The summed E-state index contributed by atoms with van der Waals surface area (Å²) in [4.78, 5) is 11.0. The van der Waals surface area contributed by atoms with Crippen LogP contribution in [0.1, 0.15) is 45.1 Å². The van der Waals surface area contributed by atoms with Gasteiger partial charge < -0.3 is 10.6 Å². The van der Waals surface area contributed by atoms with Gasteiger partial charge in [0.1, 0.15) is 0 Å². The molecule has 2 unspecified atom stereocenters. The topological polar surface area (TPSA) is 41.1 Å². The van der Waals surface area contributed by atoms with E-state index in [4.69, 9.17) is 0 Å². The number of nitrogens with one attached hydrogen (secondary N) is 2. The maximum absolute atomic E-state index is 11.0. The lowest BCUT2D eigenvalue weighted by molar-refractivity contribution is -0.114. The second-order valence-electron chi connectivity index (χ2n) is 6.03. The molecule has 2 atom stereocenters. The highest BCUT2D eigenvalue weighted by molar-refractivity contribution is 5.88. The van der Waals surface area contributed by atoms with Gasteiger partial charge in [0.15, 0.2) is 0 Å². The predicted octanol–water partition coefficient (Wildman–Crippen LogP) is 3.56. The third kappa shape index (κ3) is 4.64. The third-order valence-corrected chi connectivity index (χ3v) is 4.30. The highest BCUT2D eigenvalue weighted by Crippen LogP contribution is 2.28. The van der Waals surface area contributed by atoms with Crippen molar-refractivity contribution >= 4 is 11.6 Å². The predicted molar refractivity (Wildman–Crippen MR) is 83.6 cm³/mol. The maximum atomic E-state index is 11.0. The molecule has 0 aliphatic heterocycles. The van der Waals surface area contributed by atoms with Gasteiger partial charge in [-0.3, -0.25) is 4.79 Å². The van der Waals surface area contributed by atoms with Crippen molar-refractivity contribution in [1.82, 2.24) is 5.32 Å². The average molecular weight is 274 g/mol. The molecule has 1 aromatic rings. The number of anilines is 1. The van der Waals surface area contributed by atoms with Gasteiger partial charge in [-0.1, -0.05) is 38.3 Å². The summed E-state index contributed by atoms with van der Waals surface area (Å²) >= 11 is 0. The first-order chi connectivity index (χ1) is 9.65. The molecule has 1 amide bonds. The van der Waals surface area contributed by atoms with Gasteiger partial charge in [0, 0.05) is 19.2 Å². The zero-order chi connectivity index (χ0) is 14.4. The molecule has 1 aromatic carbocycles. The van der Waals surface area contributed by atoms with Crippen molar-refractivity contribution < 1.29 is 4.79 Å². The molecule has 0 radical (unpaired) electrons. The van der Waals surface area contributed by atoms with Crippen LogP contribution < -0.4 is 10.6 Å². The van der Waals surface area contributed by atoms with Crippen LogP contribution >= 0.6 is 0 Å². The van der Waals surface area contributed by atoms with E-state index in [1.807, 2.05) is 12.1 Å². The van der Waals surface area contributed by atoms with E-state index in [0.717, 1.165) is 30.6 Å². The molecule has 1 fully saturated rings. The van der Waals surface area contributed by atoms with Gasteiger partial charge in [-0.15, -0.1) is 0 Å². The normalized spacial score (nSPS) is 22.5. The van der Waals surface area contributed by atoms with Crippen molar-refractivity contribution in [2.45, 2.75) is 46.1 Å². The van der Waals surface area contributed by atoms with Crippen LogP contribution in [0.5, 0.6) is 0 Å². The Bertz CT molecular complexity index is 427. The van der Waals surface area contributed by atoms with Gasteiger partial charge >= 0.3 is 0 Å². The minimum Gasteiger partial charge on any atom is -0.326 e. The highest BCUT2D eigenvalue weighted by atomic mass is 16.1. The lowest BCUT2D eigenvalue weighted by Crippen LogP contribution is -2.29. The van der Waals surface area contributed by atoms with E-state index in [2.05, 4.69) is 29.7 Å². The van der Waals surface area contributed by atoms with Gasteiger partial charge in [-0.05, 0) is 42.5 Å². The Hall–Kier alpha value is -1.35. The summed E-state index contributed by atoms with van der Waals surface area (Å²) < 4.78 is 0. The summed E-state index contributed by atoms with van der Waals surface area (Å²) in [6, 6.07) is 8.06. The van der Waals surface area contributed by atoms with Crippen LogP contribution in [0.4, 0.5) is 5.69 Å². The van der Waals surface area contributed by atoms with Crippen LogP contribution in [0.3, 0.4) is 0 Å². The molecule has 0 saturated heterocycles. The monoisotopic (exact) mass is 274 g/mol. The van der Waals surface area contributed by atoms with Gasteiger partial charge in [-0.2, -0.15) is 0 Å². The largest absolute Gasteiger partial charge is 0.326 e. The molecule has 0 heterocycles. The Morgan fingerprint density at radius 1 is 1.20 bits per heavy atom. The first-order valence-corrected chi connectivity index (χ1v) is 7.72. The fourth-order valence-corrected chi connectivity index (χ4v) is 3.01. The lowest BCUT2D eigenvalue weighted by atomic mass is 9.80. The van der Waals surface area contributed by atoms with Gasteiger partial charge in [0.25, 0.3) is 0 Å². The minimum absolute atomic E-state index is 0.0258. The molecular weight excluding hydrogens is 248 g/mol. The van der Waals surface area contributed by atoms with E-state index >= 15 is 0 Å². The molecule has 0 aromatic heterocycles. The highest BCUT2D eigenvalue weighted by Gasteiger charge is 2.20. The summed E-state index contributed by atoms with van der Waals surface area (Å²) in [5, 5.41) is 6.36. The van der Waals surface area contributed by atoms with Crippen molar-refractivity contribution in [2.75, 3.05) is 11.9 Å². The SMILES string of the molecule is CC(=O)Nc1ccc(CNCC2CCCCC2C)cc1. The standard InChI is InChI=1S/C17H26N2O/c1-13-5-3-4-6-16(13)12-18-11-15-7-9-17(10-8-15)19-14(2)20/h7-10,13,16,18H,3-6,11-12H2,1-2H3,(H,19,20). The zero-order valence-corrected chi connectivity index (χ0v) is 12.6. The summed E-state index contributed by atoms with van der Waals surface area (Å²) in [7, 11) is 0. The van der Waals surface area contributed by atoms with Crippen LogP contribution in [0.15, 0.2) is 24.3 Å². The van der Waals surface area contributed by atoms with E-state index in [1.165, 1.54) is 38.2 Å². The summed E-state index contributed by atoms with van der Waals surface area (Å²) in [6.07, 6.45) is 5.55. The van der Waals surface area contributed by atoms with E-state index in [9.17, 15) is 4.79 Å². The molecule has 1 aliphatic rings. The number of amides is 1. The summed E-state index contributed by atoms with van der Waals surface area (Å²) in [5.74, 6) is 1.67. The smallest absolute Gasteiger partial charge is 0.221 e. The quantitative estimate of drug-likeness (QED) is 0.862. The van der Waals surface area contributed by atoms with E-state index < -0.39 is 0 Å². The average Bonchev–Trinajstić information content (AvgIpc) is 2.42. The Balaban J connectivity index is 1.74. The van der Waals surface area contributed by atoms with E-state index in [1.54, 1.807) is 0 Å². The molecule has 0 spiro atoms. The zero-order valence-electron chi connectivity index (χ0n) is 12.6. The van der Waals surface area contributed by atoms with Gasteiger partial charge in [0.2, 0.25) is 5.91 Å². The van der Waals surface area contributed by atoms with Crippen LogP contribution in [-0.4, -0.2) is 12.5 Å². The molecule has 3 nitrogen and oxygen atoms in total.